The van der Waals surface area contributed by atoms with Crippen LogP contribution in [-0.4, -0.2) is 35.7 Å². The lowest BCUT2D eigenvalue weighted by Crippen LogP contribution is -2.31. The molecule has 3 amide bonds. The molecule has 0 spiro atoms. The molecule has 4 rings (SSSR count). The zero-order chi connectivity index (χ0) is 16.7. The summed E-state index contributed by atoms with van der Waals surface area (Å²) in [6.45, 7) is 1.63. The van der Waals surface area contributed by atoms with Crippen molar-refractivity contribution in [3.63, 3.8) is 0 Å². The second-order valence-corrected chi connectivity index (χ2v) is 7.06. The first kappa shape index (κ1) is 15.4. The zero-order valence-corrected chi connectivity index (χ0v) is 13.7. The molecule has 1 aromatic carbocycles. The van der Waals surface area contributed by atoms with Gasteiger partial charge in [-0.25, -0.2) is 0 Å². The summed E-state index contributed by atoms with van der Waals surface area (Å²) in [4.78, 5) is 40.8. The number of rotatable bonds is 2. The van der Waals surface area contributed by atoms with E-state index < -0.39 is 0 Å². The molecule has 5 heteroatoms. The molecule has 0 unspecified atom stereocenters. The van der Waals surface area contributed by atoms with Gasteiger partial charge in [0.15, 0.2) is 0 Å². The lowest BCUT2D eigenvalue weighted by atomic mass is 9.81. The molecule has 0 radical (unpaired) electrons. The predicted octanol–water partition coefficient (Wildman–Crippen LogP) is 2.60. The lowest BCUT2D eigenvalue weighted by molar-refractivity contribution is -0.122. The van der Waals surface area contributed by atoms with Crippen molar-refractivity contribution < 1.29 is 14.4 Å². The Balaban J connectivity index is 1.55. The Kier molecular flexibility index (Phi) is 3.87. The fourth-order valence-corrected chi connectivity index (χ4v) is 4.27. The summed E-state index contributed by atoms with van der Waals surface area (Å²) in [5.41, 5.74) is 1.22. The van der Waals surface area contributed by atoms with Crippen LogP contribution < -0.4 is 4.90 Å². The summed E-state index contributed by atoms with van der Waals surface area (Å²) in [7, 11) is 0. The van der Waals surface area contributed by atoms with Gasteiger partial charge in [0.05, 0.1) is 17.5 Å². The van der Waals surface area contributed by atoms with E-state index in [9.17, 15) is 14.4 Å². The van der Waals surface area contributed by atoms with Crippen LogP contribution in [0.4, 0.5) is 5.69 Å². The Bertz CT molecular complexity index is 652. The number of carbonyl (C=O) groups excluding carboxylic acids is 3. The van der Waals surface area contributed by atoms with E-state index in [0.717, 1.165) is 51.6 Å². The third kappa shape index (κ3) is 2.43. The van der Waals surface area contributed by atoms with Crippen LogP contribution in [0.15, 0.2) is 24.3 Å². The van der Waals surface area contributed by atoms with Gasteiger partial charge in [0, 0.05) is 18.7 Å². The standard InChI is InChI=1S/C19H22N2O3/c22-17(20-11-3-4-12-20)13-7-9-14(10-8-13)21-18(23)15-5-1-2-6-16(15)19(21)24/h7-10,15-16H,1-6,11-12H2/t15-,16-/m1/s1. The van der Waals surface area contributed by atoms with Gasteiger partial charge >= 0.3 is 0 Å². The fraction of sp³-hybridized carbons (Fsp3) is 0.526. The highest BCUT2D eigenvalue weighted by Crippen LogP contribution is 2.40. The monoisotopic (exact) mass is 326 g/mol. The van der Waals surface area contributed by atoms with Gasteiger partial charge in [-0.2, -0.15) is 0 Å². The van der Waals surface area contributed by atoms with E-state index in [-0.39, 0.29) is 29.6 Å². The van der Waals surface area contributed by atoms with Gasteiger partial charge in [-0.1, -0.05) is 12.8 Å². The molecule has 3 aliphatic rings. The highest BCUT2D eigenvalue weighted by atomic mass is 16.2. The molecule has 1 aliphatic carbocycles. The van der Waals surface area contributed by atoms with Gasteiger partial charge in [0.25, 0.3) is 5.91 Å². The Labute approximate surface area is 141 Å². The molecular weight excluding hydrogens is 304 g/mol. The summed E-state index contributed by atoms with van der Waals surface area (Å²) < 4.78 is 0. The van der Waals surface area contributed by atoms with E-state index in [0.29, 0.717) is 11.3 Å². The maximum atomic E-state index is 12.6. The molecular formula is C19H22N2O3. The predicted molar refractivity (Wildman–Crippen MR) is 89.5 cm³/mol. The van der Waals surface area contributed by atoms with Gasteiger partial charge in [0.2, 0.25) is 11.8 Å². The van der Waals surface area contributed by atoms with Crippen LogP contribution in [0.5, 0.6) is 0 Å². The van der Waals surface area contributed by atoms with Crippen LogP contribution in [0.1, 0.15) is 48.9 Å². The Hall–Kier alpha value is -2.17. The lowest BCUT2D eigenvalue weighted by Gasteiger charge is -2.19. The van der Waals surface area contributed by atoms with Crippen LogP contribution in [0.25, 0.3) is 0 Å². The van der Waals surface area contributed by atoms with Gasteiger partial charge in [-0.05, 0) is 49.9 Å². The molecule has 0 N–H and O–H groups in total. The first-order valence-electron chi connectivity index (χ1n) is 8.94. The van der Waals surface area contributed by atoms with Crippen molar-refractivity contribution in [3.8, 4) is 0 Å². The molecule has 2 heterocycles. The smallest absolute Gasteiger partial charge is 0.253 e. The molecule has 0 aromatic heterocycles. The largest absolute Gasteiger partial charge is 0.339 e. The first-order valence-corrected chi connectivity index (χ1v) is 8.94. The normalized spacial score (nSPS) is 26.8. The van der Waals surface area contributed by atoms with Crippen molar-refractivity contribution in [2.75, 3.05) is 18.0 Å². The van der Waals surface area contributed by atoms with Crippen molar-refractivity contribution in [1.29, 1.82) is 0 Å². The average Bonchev–Trinajstić information content (AvgIpc) is 3.23. The molecule has 3 fully saturated rings. The van der Waals surface area contributed by atoms with Crippen molar-refractivity contribution >= 4 is 23.4 Å². The second kappa shape index (κ2) is 6.04. The number of benzene rings is 1. The molecule has 126 valence electrons. The second-order valence-electron chi connectivity index (χ2n) is 7.06. The van der Waals surface area contributed by atoms with E-state index in [2.05, 4.69) is 0 Å². The molecule has 1 saturated carbocycles. The molecule has 2 aliphatic heterocycles. The first-order chi connectivity index (χ1) is 11.7. The van der Waals surface area contributed by atoms with Crippen LogP contribution in [0, 0.1) is 11.8 Å². The Morgan fingerprint density at radius 3 is 1.92 bits per heavy atom. The highest BCUT2D eigenvalue weighted by Gasteiger charge is 2.48. The Morgan fingerprint density at radius 1 is 0.833 bits per heavy atom. The molecule has 1 aromatic rings. The molecule has 24 heavy (non-hydrogen) atoms. The minimum Gasteiger partial charge on any atom is -0.339 e. The third-order valence-corrected chi connectivity index (χ3v) is 5.61. The number of carbonyl (C=O) groups is 3. The van der Waals surface area contributed by atoms with Gasteiger partial charge < -0.3 is 4.90 Å². The summed E-state index contributed by atoms with van der Waals surface area (Å²) >= 11 is 0. The van der Waals surface area contributed by atoms with E-state index >= 15 is 0 Å². The highest BCUT2D eigenvalue weighted by molar-refractivity contribution is 6.22. The Morgan fingerprint density at radius 2 is 1.38 bits per heavy atom. The number of hydrogen-bond acceptors (Lipinski definition) is 3. The summed E-state index contributed by atoms with van der Waals surface area (Å²) in [5.74, 6) is -0.382. The topological polar surface area (TPSA) is 57.7 Å². The minimum absolute atomic E-state index is 0.0341. The van der Waals surface area contributed by atoms with Crippen LogP contribution in [-0.2, 0) is 9.59 Å². The SMILES string of the molecule is O=C(c1ccc(N2C(=O)[C@@H]3CCCC[C@H]3C2=O)cc1)N1CCCC1. The quantitative estimate of drug-likeness (QED) is 0.785. The van der Waals surface area contributed by atoms with Gasteiger partial charge in [0.1, 0.15) is 0 Å². The van der Waals surface area contributed by atoms with Crippen molar-refractivity contribution in [2.24, 2.45) is 11.8 Å². The zero-order valence-electron chi connectivity index (χ0n) is 13.7. The minimum atomic E-state index is -0.142. The van der Waals surface area contributed by atoms with Crippen LogP contribution >= 0.6 is 0 Å². The van der Waals surface area contributed by atoms with E-state index in [1.807, 2.05) is 4.90 Å². The number of amides is 3. The van der Waals surface area contributed by atoms with Gasteiger partial charge in [-0.3, -0.25) is 19.3 Å². The number of nitrogens with zero attached hydrogens (tertiary/aromatic N) is 2. The van der Waals surface area contributed by atoms with E-state index in [1.54, 1.807) is 24.3 Å². The van der Waals surface area contributed by atoms with E-state index in [4.69, 9.17) is 0 Å². The average molecular weight is 326 g/mol. The van der Waals surface area contributed by atoms with Crippen molar-refractivity contribution in [3.05, 3.63) is 29.8 Å². The van der Waals surface area contributed by atoms with Crippen LogP contribution in [0.3, 0.4) is 0 Å². The van der Waals surface area contributed by atoms with Crippen LogP contribution in [0.2, 0.25) is 0 Å². The number of fused-ring (bicyclic) bond motifs is 1. The molecule has 2 atom stereocenters. The number of likely N-dealkylation sites (tertiary alicyclic amines) is 1. The molecule has 2 saturated heterocycles. The third-order valence-electron chi connectivity index (χ3n) is 5.61. The van der Waals surface area contributed by atoms with Gasteiger partial charge in [-0.15, -0.1) is 0 Å². The van der Waals surface area contributed by atoms with E-state index in [1.165, 1.54) is 4.90 Å². The van der Waals surface area contributed by atoms with Crippen molar-refractivity contribution in [1.82, 2.24) is 4.90 Å². The maximum Gasteiger partial charge on any atom is 0.253 e. The number of anilines is 1. The maximum absolute atomic E-state index is 12.6. The molecule has 0 bridgehead atoms. The summed E-state index contributed by atoms with van der Waals surface area (Å²) in [6.07, 6.45) is 5.80. The summed E-state index contributed by atoms with van der Waals surface area (Å²) in [6, 6.07) is 6.93. The van der Waals surface area contributed by atoms with Crippen molar-refractivity contribution in [2.45, 2.75) is 38.5 Å². The number of hydrogen-bond donors (Lipinski definition) is 0. The number of imide groups is 1. The summed E-state index contributed by atoms with van der Waals surface area (Å²) in [5, 5.41) is 0. The fourth-order valence-electron chi connectivity index (χ4n) is 4.27. The molecule has 5 nitrogen and oxygen atoms in total.